The van der Waals surface area contributed by atoms with Crippen LogP contribution in [0.1, 0.15) is 18.4 Å². The molecule has 1 N–H and O–H groups in total. The molecule has 1 aliphatic heterocycles. The first kappa shape index (κ1) is 16.6. The van der Waals surface area contributed by atoms with Crippen LogP contribution in [-0.4, -0.2) is 37.7 Å². The summed E-state index contributed by atoms with van der Waals surface area (Å²) in [6, 6.07) is 9.59. The van der Waals surface area contributed by atoms with Crippen LogP contribution in [0.4, 0.5) is 0 Å². The van der Waals surface area contributed by atoms with Gasteiger partial charge in [-0.1, -0.05) is 42.2 Å². The van der Waals surface area contributed by atoms with Gasteiger partial charge in [0.25, 0.3) is 5.91 Å². The Bertz CT molecular complexity index is 859. The Morgan fingerprint density at radius 1 is 1.33 bits per heavy atom. The van der Waals surface area contributed by atoms with Crippen molar-refractivity contribution in [1.82, 2.24) is 9.88 Å². The van der Waals surface area contributed by atoms with E-state index in [1.165, 1.54) is 16.7 Å². The van der Waals surface area contributed by atoms with E-state index in [0.717, 1.165) is 16.5 Å². The van der Waals surface area contributed by atoms with Crippen LogP contribution in [0.25, 0.3) is 17.0 Å². The second-order valence-electron chi connectivity index (χ2n) is 5.25. The van der Waals surface area contributed by atoms with Crippen molar-refractivity contribution in [2.75, 3.05) is 6.54 Å². The van der Waals surface area contributed by atoms with Crippen LogP contribution in [0.15, 0.2) is 41.4 Å². The number of carbonyl (C=O) groups is 2. The highest BCUT2D eigenvalue weighted by atomic mass is 32.2. The highest BCUT2D eigenvalue weighted by molar-refractivity contribution is 8.26. The first-order chi connectivity index (χ1) is 11.6. The van der Waals surface area contributed by atoms with Gasteiger partial charge in [0.05, 0.1) is 10.4 Å². The quantitative estimate of drug-likeness (QED) is 0.653. The number of para-hydroxylation sites is 1. The summed E-state index contributed by atoms with van der Waals surface area (Å²) in [5, 5.41) is 9.68. The van der Waals surface area contributed by atoms with Gasteiger partial charge in [-0.15, -0.1) is 0 Å². The molecule has 0 atom stereocenters. The van der Waals surface area contributed by atoms with Crippen LogP contribution in [0.2, 0.25) is 0 Å². The molecule has 0 bridgehead atoms. The summed E-state index contributed by atoms with van der Waals surface area (Å²) in [7, 11) is 0. The number of pyridine rings is 1. The Morgan fingerprint density at radius 2 is 2.12 bits per heavy atom. The van der Waals surface area contributed by atoms with Crippen LogP contribution in [-0.2, 0) is 9.59 Å². The summed E-state index contributed by atoms with van der Waals surface area (Å²) in [5.41, 5.74) is 1.77. The maximum Gasteiger partial charge on any atom is 0.303 e. The van der Waals surface area contributed by atoms with Gasteiger partial charge in [0.15, 0.2) is 0 Å². The predicted octanol–water partition coefficient (Wildman–Crippen LogP) is 3.30. The van der Waals surface area contributed by atoms with Crippen LogP contribution in [0, 0.1) is 0 Å². The number of amides is 1. The number of carbonyl (C=O) groups excluding carboxylic acids is 1. The molecule has 0 saturated carbocycles. The van der Waals surface area contributed by atoms with Crippen molar-refractivity contribution in [3.63, 3.8) is 0 Å². The topological polar surface area (TPSA) is 70.5 Å². The molecule has 1 saturated heterocycles. The molecule has 0 spiro atoms. The van der Waals surface area contributed by atoms with Crippen molar-refractivity contribution in [1.29, 1.82) is 0 Å². The molecule has 0 unspecified atom stereocenters. The minimum Gasteiger partial charge on any atom is -0.481 e. The average Bonchev–Trinajstić information content (AvgIpc) is 2.82. The lowest BCUT2D eigenvalue weighted by Crippen LogP contribution is -2.29. The first-order valence-electron chi connectivity index (χ1n) is 7.37. The maximum atomic E-state index is 12.5. The fraction of sp³-hybridized carbons (Fsp3) is 0.176. The average molecular weight is 358 g/mol. The molecule has 1 aliphatic rings. The minimum atomic E-state index is -0.876. The standard InChI is InChI=1S/C17H14N2O3S2/c20-15(21)6-3-9-19-16(22)14(24-17(19)23)10-11-7-8-18-13-5-2-1-4-12(11)13/h1-2,4-5,7-8,10H,3,6,9H2,(H,20,21)/b14-10-. The zero-order valence-electron chi connectivity index (χ0n) is 12.6. The lowest BCUT2D eigenvalue weighted by molar-refractivity contribution is -0.137. The predicted molar refractivity (Wildman–Crippen MR) is 98.5 cm³/mol. The Kier molecular flexibility index (Phi) is 4.92. The third-order valence-electron chi connectivity index (χ3n) is 3.62. The smallest absolute Gasteiger partial charge is 0.303 e. The monoisotopic (exact) mass is 358 g/mol. The molecule has 3 rings (SSSR count). The fourth-order valence-electron chi connectivity index (χ4n) is 2.47. The van der Waals surface area contributed by atoms with E-state index >= 15 is 0 Å². The third-order valence-corrected chi connectivity index (χ3v) is 4.99. The van der Waals surface area contributed by atoms with Gasteiger partial charge >= 0.3 is 5.97 Å². The Hall–Kier alpha value is -2.25. The second kappa shape index (κ2) is 7.11. The van der Waals surface area contributed by atoms with E-state index in [4.69, 9.17) is 17.3 Å². The number of thioether (sulfide) groups is 1. The molecule has 122 valence electrons. The number of aliphatic carboxylic acids is 1. The van der Waals surface area contributed by atoms with Crippen molar-refractivity contribution in [3.05, 3.63) is 47.0 Å². The molecule has 24 heavy (non-hydrogen) atoms. The van der Waals surface area contributed by atoms with E-state index in [-0.39, 0.29) is 12.3 Å². The van der Waals surface area contributed by atoms with Crippen molar-refractivity contribution in [3.8, 4) is 0 Å². The van der Waals surface area contributed by atoms with Crippen LogP contribution in [0.3, 0.4) is 0 Å². The summed E-state index contributed by atoms with van der Waals surface area (Å²) in [5.74, 6) is -1.05. The van der Waals surface area contributed by atoms with E-state index < -0.39 is 5.97 Å². The van der Waals surface area contributed by atoms with Gasteiger partial charge in [-0.25, -0.2) is 0 Å². The van der Waals surface area contributed by atoms with Gasteiger partial charge in [0, 0.05) is 24.5 Å². The Labute approximate surface area is 148 Å². The van der Waals surface area contributed by atoms with Crippen molar-refractivity contribution in [2.24, 2.45) is 0 Å². The number of rotatable bonds is 5. The third kappa shape index (κ3) is 3.47. The van der Waals surface area contributed by atoms with E-state index in [9.17, 15) is 9.59 Å². The first-order valence-corrected chi connectivity index (χ1v) is 8.59. The highest BCUT2D eigenvalue weighted by Gasteiger charge is 2.31. The van der Waals surface area contributed by atoms with Gasteiger partial charge in [-0.05, 0) is 30.2 Å². The van der Waals surface area contributed by atoms with Crippen LogP contribution >= 0.6 is 24.0 Å². The molecule has 1 amide bonds. The van der Waals surface area contributed by atoms with E-state index in [2.05, 4.69) is 4.98 Å². The number of benzene rings is 1. The molecule has 0 radical (unpaired) electrons. The summed E-state index contributed by atoms with van der Waals surface area (Å²) < 4.78 is 0.468. The number of hydrogen-bond acceptors (Lipinski definition) is 5. The van der Waals surface area contributed by atoms with Crippen LogP contribution < -0.4 is 0 Å². The number of aromatic nitrogens is 1. The van der Waals surface area contributed by atoms with Gasteiger partial charge in [-0.2, -0.15) is 0 Å². The zero-order valence-corrected chi connectivity index (χ0v) is 14.3. The summed E-state index contributed by atoms with van der Waals surface area (Å²) >= 11 is 6.50. The molecule has 7 heteroatoms. The Morgan fingerprint density at radius 3 is 2.92 bits per heavy atom. The van der Waals surface area contributed by atoms with Crippen molar-refractivity contribution in [2.45, 2.75) is 12.8 Å². The van der Waals surface area contributed by atoms with E-state index in [1.54, 1.807) is 6.20 Å². The molecule has 2 aromatic rings. The zero-order chi connectivity index (χ0) is 17.1. The van der Waals surface area contributed by atoms with Crippen molar-refractivity contribution < 1.29 is 14.7 Å². The van der Waals surface area contributed by atoms with E-state index in [1.807, 2.05) is 36.4 Å². The SMILES string of the molecule is O=C(O)CCCN1C(=O)/C(=C/c2ccnc3ccccc23)SC1=S. The Balaban J connectivity index is 1.84. The molecule has 1 aromatic carbocycles. The fourth-order valence-corrected chi connectivity index (χ4v) is 3.77. The molecule has 2 heterocycles. The summed E-state index contributed by atoms with van der Waals surface area (Å²) in [6.07, 6.45) is 3.93. The lowest BCUT2D eigenvalue weighted by Gasteiger charge is -2.13. The molecule has 1 aromatic heterocycles. The van der Waals surface area contributed by atoms with E-state index in [0.29, 0.717) is 22.2 Å². The minimum absolute atomic E-state index is 0.0189. The second-order valence-corrected chi connectivity index (χ2v) is 6.92. The largest absolute Gasteiger partial charge is 0.481 e. The summed E-state index contributed by atoms with van der Waals surface area (Å²) in [6.45, 7) is 0.325. The van der Waals surface area contributed by atoms with Crippen molar-refractivity contribution >= 4 is 57.2 Å². The normalized spacial score (nSPS) is 16.3. The van der Waals surface area contributed by atoms with Gasteiger partial charge < -0.3 is 5.11 Å². The maximum absolute atomic E-state index is 12.5. The number of nitrogens with zero attached hydrogens (tertiary/aromatic N) is 2. The molecular formula is C17H14N2O3S2. The number of carboxylic acids is 1. The number of thiocarbonyl (C=S) groups is 1. The molecule has 5 nitrogen and oxygen atoms in total. The number of fused-ring (bicyclic) bond motifs is 1. The summed E-state index contributed by atoms with van der Waals surface area (Å²) in [4.78, 5) is 29.5. The highest BCUT2D eigenvalue weighted by Crippen LogP contribution is 2.33. The lowest BCUT2D eigenvalue weighted by atomic mass is 10.1. The molecule has 0 aliphatic carbocycles. The van der Waals surface area contributed by atoms with Crippen LogP contribution in [0.5, 0.6) is 0 Å². The van der Waals surface area contributed by atoms with Gasteiger partial charge in [-0.3, -0.25) is 19.5 Å². The number of carboxylic acid groups (broad SMARTS) is 1. The number of hydrogen-bond donors (Lipinski definition) is 1. The molecule has 1 fully saturated rings. The molecular weight excluding hydrogens is 344 g/mol. The van der Waals surface area contributed by atoms with Gasteiger partial charge in [0.2, 0.25) is 0 Å². The van der Waals surface area contributed by atoms with Gasteiger partial charge in [0.1, 0.15) is 4.32 Å².